The van der Waals surface area contributed by atoms with Crippen molar-refractivity contribution in [2.45, 2.75) is 75.7 Å². The third-order valence-electron chi connectivity index (χ3n) is 7.93. The second-order valence-electron chi connectivity index (χ2n) is 10.00. The molecule has 1 aliphatic heterocycles. The summed E-state index contributed by atoms with van der Waals surface area (Å²) in [5, 5.41) is -4.72. The van der Waals surface area contributed by atoms with Crippen LogP contribution in [0.5, 0.6) is 0 Å². The summed E-state index contributed by atoms with van der Waals surface area (Å²) < 4.78 is 67.9. The van der Waals surface area contributed by atoms with Crippen LogP contribution in [0.3, 0.4) is 0 Å². The van der Waals surface area contributed by atoms with Crippen LogP contribution >= 0.6 is 0 Å². The quantitative estimate of drug-likeness (QED) is 0.409. The summed E-state index contributed by atoms with van der Waals surface area (Å²) in [6.07, 6.45) is 5.44. The second-order valence-corrected chi connectivity index (χ2v) is 11.5. The fourth-order valence-corrected chi connectivity index (χ4v) is 6.61. The summed E-state index contributed by atoms with van der Waals surface area (Å²) in [5.41, 5.74) is 0. The van der Waals surface area contributed by atoms with E-state index in [9.17, 15) is 36.4 Å². The van der Waals surface area contributed by atoms with E-state index in [4.69, 9.17) is 9.29 Å². The average molecular weight is 522 g/mol. The van der Waals surface area contributed by atoms with Crippen LogP contribution in [0, 0.1) is 29.6 Å². The molecule has 10 nitrogen and oxygen atoms in total. The van der Waals surface area contributed by atoms with Gasteiger partial charge in [-0.3, -0.25) is 28.6 Å². The van der Waals surface area contributed by atoms with Gasteiger partial charge in [-0.1, -0.05) is 32.1 Å². The van der Waals surface area contributed by atoms with Crippen LogP contribution in [0.2, 0.25) is 0 Å². The van der Waals surface area contributed by atoms with Gasteiger partial charge in [0.25, 0.3) is 0 Å². The minimum absolute atomic E-state index is 0.252. The number of ether oxygens (including phenoxy) is 2. The number of fused-ring (bicyclic) bond motifs is 1. The van der Waals surface area contributed by atoms with Gasteiger partial charge in [-0.15, -0.1) is 0 Å². The number of esters is 2. The highest BCUT2D eigenvalue weighted by atomic mass is 32.2. The third-order valence-corrected chi connectivity index (χ3v) is 8.81. The van der Waals surface area contributed by atoms with Gasteiger partial charge in [0.1, 0.15) is 6.10 Å². The molecule has 6 atom stereocenters. The Bertz CT molecular complexity index is 1010. The highest BCUT2D eigenvalue weighted by Crippen LogP contribution is 2.60. The van der Waals surface area contributed by atoms with Crippen molar-refractivity contribution in [2.24, 2.45) is 29.6 Å². The smallest absolute Gasteiger partial charge is 0.402 e. The van der Waals surface area contributed by atoms with Gasteiger partial charge in [0.2, 0.25) is 11.8 Å². The molecule has 0 aromatic carbocycles. The molecule has 2 bridgehead atoms. The van der Waals surface area contributed by atoms with Crippen LogP contribution in [-0.2, 0) is 38.8 Å². The Balaban J connectivity index is 1.55. The summed E-state index contributed by atoms with van der Waals surface area (Å²) in [6.45, 7) is -0.741. The fraction of sp³-hybridized carbons (Fsp3) is 0.818. The molecular weight excluding hydrogens is 492 g/mol. The molecule has 1 saturated heterocycles. The van der Waals surface area contributed by atoms with Crippen LogP contribution in [0.15, 0.2) is 0 Å². The van der Waals surface area contributed by atoms with E-state index < -0.39 is 81.5 Å². The molecule has 2 amide bonds. The molecule has 13 heteroatoms. The zero-order valence-corrected chi connectivity index (χ0v) is 20.0. The molecular formula is C22H29F2NO9S. The Morgan fingerprint density at radius 3 is 2.23 bits per heavy atom. The van der Waals surface area contributed by atoms with Crippen molar-refractivity contribution in [1.29, 1.82) is 0 Å². The first-order valence-corrected chi connectivity index (χ1v) is 13.3. The van der Waals surface area contributed by atoms with Crippen molar-refractivity contribution in [3.63, 3.8) is 0 Å². The zero-order valence-electron chi connectivity index (χ0n) is 19.2. The molecule has 0 radical (unpaired) electrons. The van der Waals surface area contributed by atoms with Gasteiger partial charge >= 0.3 is 27.3 Å². The molecule has 3 aliphatic carbocycles. The van der Waals surface area contributed by atoms with Gasteiger partial charge in [-0.25, -0.2) is 0 Å². The van der Waals surface area contributed by atoms with Gasteiger partial charge < -0.3 is 9.47 Å². The highest BCUT2D eigenvalue weighted by molar-refractivity contribution is 7.86. The number of rotatable bonds is 6. The topological polar surface area (TPSA) is 144 Å². The maximum absolute atomic E-state index is 13.6. The minimum Gasteiger partial charge on any atom is -0.460 e. The molecule has 4 fully saturated rings. The van der Waals surface area contributed by atoms with E-state index in [1.807, 2.05) is 0 Å². The van der Waals surface area contributed by atoms with Crippen molar-refractivity contribution in [3.05, 3.63) is 0 Å². The van der Waals surface area contributed by atoms with Crippen molar-refractivity contribution >= 4 is 33.9 Å². The van der Waals surface area contributed by atoms with E-state index in [-0.39, 0.29) is 12.3 Å². The van der Waals surface area contributed by atoms with E-state index in [1.54, 1.807) is 0 Å². The van der Waals surface area contributed by atoms with E-state index in [0.29, 0.717) is 12.8 Å². The predicted octanol–water partition coefficient (Wildman–Crippen LogP) is 1.92. The summed E-state index contributed by atoms with van der Waals surface area (Å²) in [7, 11) is -5.82. The maximum Gasteiger partial charge on any atom is 0.402 e. The SMILES string of the molecule is CC(=O)N1C(=O)C2C3CC(C(OC(=O)C4CCCCCCC4)C31)C2C(=O)OCC(F)(F)S(=O)(=O)O. The van der Waals surface area contributed by atoms with Crippen LogP contribution in [-0.4, -0.2) is 65.6 Å². The highest BCUT2D eigenvalue weighted by Gasteiger charge is 2.72. The van der Waals surface area contributed by atoms with Crippen LogP contribution < -0.4 is 0 Å². The largest absolute Gasteiger partial charge is 0.460 e. The molecule has 1 N–H and O–H groups in total. The molecule has 6 unspecified atom stereocenters. The summed E-state index contributed by atoms with van der Waals surface area (Å²) in [5.74, 6) is -6.85. The molecule has 196 valence electrons. The molecule has 0 aromatic rings. The van der Waals surface area contributed by atoms with Crippen molar-refractivity contribution in [3.8, 4) is 0 Å². The Kier molecular flexibility index (Phi) is 6.95. The van der Waals surface area contributed by atoms with Crippen molar-refractivity contribution in [2.75, 3.05) is 6.61 Å². The lowest BCUT2D eigenvalue weighted by molar-refractivity contribution is -0.169. The van der Waals surface area contributed by atoms with Crippen molar-refractivity contribution in [1.82, 2.24) is 4.90 Å². The third kappa shape index (κ3) is 4.56. The number of amides is 2. The summed E-state index contributed by atoms with van der Waals surface area (Å²) >= 11 is 0. The Morgan fingerprint density at radius 1 is 1.06 bits per heavy atom. The number of carbonyl (C=O) groups excluding carboxylic acids is 4. The first-order chi connectivity index (χ1) is 16.3. The number of halogens is 2. The lowest BCUT2D eigenvalue weighted by atomic mass is 9.78. The predicted molar refractivity (Wildman–Crippen MR) is 113 cm³/mol. The summed E-state index contributed by atoms with van der Waals surface area (Å²) in [6, 6.07) is -0.740. The van der Waals surface area contributed by atoms with E-state index in [0.717, 1.165) is 37.0 Å². The van der Waals surface area contributed by atoms with E-state index >= 15 is 0 Å². The second kappa shape index (κ2) is 9.38. The van der Waals surface area contributed by atoms with Crippen LogP contribution in [0.4, 0.5) is 8.78 Å². The lowest BCUT2D eigenvalue weighted by Gasteiger charge is -2.34. The minimum atomic E-state index is -5.82. The van der Waals surface area contributed by atoms with Gasteiger partial charge in [0, 0.05) is 12.8 Å². The molecule has 4 aliphatic rings. The molecule has 0 spiro atoms. The number of likely N-dealkylation sites (tertiary alicyclic amines) is 1. The van der Waals surface area contributed by atoms with Crippen molar-refractivity contribution < 1.29 is 50.4 Å². The molecule has 35 heavy (non-hydrogen) atoms. The van der Waals surface area contributed by atoms with Gasteiger partial charge in [0.15, 0.2) is 6.61 Å². The van der Waals surface area contributed by atoms with E-state index in [2.05, 4.69) is 4.74 Å². The van der Waals surface area contributed by atoms with E-state index in [1.165, 1.54) is 6.92 Å². The number of carbonyl (C=O) groups is 4. The Morgan fingerprint density at radius 2 is 1.66 bits per heavy atom. The number of nitrogens with zero attached hydrogens (tertiary/aromatic N) is 1. The molecule has 4 rings (SSSR count). The first-order valence-electron chi connectivity index (χ1n) is 11.9. The lowest BCUT2D eigenvalue weighted by Crippen LogP contribution is -2.48. The molecule has 0 aromatic heterocycles. The average Bonchev–Trinajstić information content (AvgIpc) is 3.33. The normalized spacial score (nSPS) is 33.4. The Hall–Kier alpha value is -2.15. The van der Waals surface area contributed by atoms with Gasteiger partial charge in [0.05, 0.1) is 23.8 Å². The number of hydrogen-bond acceptors (Lipinski definition) is 8. The number of hydrogen-bond donors (Lipinski definition) is 1. The zero-order chi connectivity index (χ0) is 25.7. The van der Waals surface area contributed by atoms with Gasteiger partial charge in [-0.2, -0.15) is 17.2 Å². The van der Waals surface area contributed by atoms with Crippen LogP contribution in [0.25, 0.3) is 0 Å². The molecule has 3 saturated carbocycles. The maximum atomic E-state index is 13.6. The standard InChI is InChI=1S/C22H29F2NO9S/c1-11(26)25-17-13-9-14(18(17)34-20(28)12-7-5-3-2-4-6-8-12)16(15(13)19(25)27)21(29)33-10-22(23,24)35(30,31)32/h12-18H,2-10H2,1H3,(H,30,31,32). The number of imide groups is 1. The monoisotopic (exact) mass is 521 g/mol. The molecule has 1 heterocycles. The first kappa shape index (κ1) is 25.9. The Labute approximate surface area is 201 Å². The fourth-order valence-electron chi connectivity index (χ4n) is 6.40. The van der Waals surface area contributed by atoms with Gasteiger partial charge in [-0.05, 0) is 25.2 Å². The van der Waals surface area contributed by atoms with Crippen LogP contribution in [0.1, 0.15) is 58.3 Å². The summed E-state index contributed by atoms with van der Waals surface area (Å²) in [4.78, 5) is 52.2. The number of alkyl halides is 2.